The largest absolute Gasteiger partial charge is 0.394 e. The second-order valence-corrected chi connectivity index (χ2v) is 13.2. The van der Waals surface area contributed by atoms with Crippen molar-refractivity contribution in [2.24, 2.45) is 17.8 Å². The number of para-hydroxylation sites is 1. The van der Waals surface area contributed by atoms with Crippen LogP contribution in [0, 0.1) is 17.8 Å². The van der Waals surface area contributed by atoms with E-state index in [0.29, 0.717) is 35.7 Å². The van der Waals surface area contributed by atoms with Gasteiger partial charge in [0.05, 0.1) is 30.1 Å². The monoisotopic (exact) mass is 619 g/mol. The van der Waals surface area contributed by atoms with Crippen LogP contribution in [0.2, 0.25) is 5.02 Å². The third-order valence-electron chi connectivity index (χ3n) is 9.42. The van der Waals surface area contributed by atoms with Gasteiger partial charge in [-0.1, -0.05) is 55.8 Å². The first-order valence-electron chi connectivity index (χ1n) is 15.3. The molecule has 2 unspecified atom stereocenters. The quantitative estimate of drug-likeness (QED) is 0.328. The van der Waals surface area contributed by atoms with Crippen LogP contribution in [0.3, 0.4) is 0 Å². The Kier molecular flexibility index (Phi) is 9.08. The molecule has 8 nitrogen and oxygen atoms in total. The number of benzene rings is 2. The number of carbonyl (C=O) groups is 3. The summed E-state index contributed by atoms with van der Waals surface area (Å²) in [4.78, 5) is 48.9. The van der Waals surface area contributed by atoms with Gasteiger partial charge in [0.25, 0.3) is 5.91 Å². The van der Waals surface area contributed by atoms with Gasteiger partial charge in [-0.05, 0) is 68.5 Å². The van der Waals surface area contributed by atoms with Crippen LogP contribution in [0.5, 0.6) is 0 Å². The summed E-state index contributed by atoms with van der Waals surface area (Å²) >= 11 is 6.16. The Morgan fingerprint density at radius 2 is 1.61 bits per heavy atom. The van der Waals surface area contributed by atoms with Crippen molar-refractivity contribution < 1.29 is 24.2 Å². The van der Waals surface area contributed by atoms with E-state index < -0.39 is 35.1 Å². The van der Waals surface area contributed by atoms with Crippen molar-refractivity contribution in [3.63, 3.8) is 0 Å². The van der Waals surface area contributed by atoms with Crippen molar-refractivity contribution in [1.82, 2.24) is 4.90 Å². The minimum atomic E-state index is -1.24. The highest BCUT2D eigenvalue weighted by Gasteiger charge is 2.79. The molecule has 1 spiro atoms. The van der Waals surface area contributed by atoms with Crippen LogP contribution in [0.25, 0.3) is 0 Å². The summed E-state index contributed by atoms with van der Waals surface area (Å²) in [6, 6.07) is 14.6. The molecule has 0 radical (unpaired) electrons. The van der Waals surface area contributed by atoms with Crippen molar-refractivity contribution in [3.8, 4) is 0 Å². The molecule has 3 fully saturated rings. The molecule has 0 aromatic heterocycles. The fourth-order valence-corrected chi connectivity index (χ4v) is 7.81. The van der Waals surface area contributed by atoms with E-state index in [0.717, 1.165) is 0 Å². The van der Waals surface area contributed by atoms with Crippen LogP contribution in [-0.2, 0) is 19.1 Å². The van der Waals surface area contributed by atoms with Crippen molar-refractivity contribution in [2.75, 3.05) is 29.5 Å². The number of nitrogens with zero attached hydrogens (tertiary/aromatic N) is 3. The van der Waals surface area contributed by atoms with Crippen molar-refractivity contribution >= 4 is 40.7 Å². The van der Waals surface area contributed by atoms with E-state index in [4.69, 9.17) is 16.3 Å². The molecule has 44 heavy (non-hydrogen) atoms. The van der Waals surface area contributed by atoms with Crippen LogP contribution < -0.4 is 9.80 Å². The summed E-state index contributed by atoms with van der Waals surface area (Å²) in [5, 5.41) is 11.2. The third kappa shape index (κ3) is 5.27. The van der Waals surface area contributed by atoms with Gasteiger partial charge >= 0.3 is 0 Å². The summed E-state index contributed by atoms with van der Waals surface area (Å²) in [7, 11) is 0. The minimum Gasteiger partial charge on any atom is -0.394 e. The Morgan fingerprint density at radius 3 is 2.18 bits per heavy atom. The molecule has 0 saturated carbocycles. The van der Waals surface area contributed by atoms with Crippen LogP contribution >= 0.6 is 11.6 Å². The molecular formula is C35H42ClN3O5. The van der Waals surface area contributed by atoms with Gasteiger partial charge < -0.3 is 24.5 Å². The average molecular weight is 620 g/mol. The lowest BCUT2D eigenvalue weighted by molar-refractivity contribution is -0.148. The van der Waals surface area contributed by atoms with Crippen LogP contribution in [-0.4, -0.2) is 70.7 Å². The first-order chi connectivity index (χ1) is 21.0. The number of likely N-dealkylation sites (tertiary alicyclic amines) is 1. The van der Waals surface area contributed by atoms with E-state index in [1.807, 2.05) is 51.1 Å². The molecule has 2 aromatic rings. The number of halogens is 1. The van der Waals surface area contributed by atoms with Crippen LogP contribution in [0.15, 0.2) is 79.9 Å². The number of ether oxygens (including phenoxy) is 1. The number of anilines is 2. The molecule has 2 aromatic carbocycles. The lowest BCUT2D eigenvalue weighted by atomic mass is 9.66. The van der Waals surface area contributed by atoms with E-state index in [2.05, 4.69) is 13.2 Å². The Balaban J connectivity index is 1.64. The standard InChI is InChI=1S/C35H42ClN3O5/c1-6-19-37(25-11-9-8-10-12-25)31(41)28-29-32(42)39(27(22-40)21-23(3)4)30(35(29)18-17-34(28,5)44-35)33(43)38(20-7-2)26-15-13-24(36)14-16-26/h6-16,23,27-30,40H,1-2,17-22H2,3-5H3/t27-,28+,29+,30?,34-,35?/m1/s1. The van der Waals surface area contributed by atoms with Gasteiger partial charge in [0.1, 0.15) is 11.6 Å². The highest BCUT2D eigenvalue weighted by Crippen LogP contribution is 2.64. The van der Waals surface area contributed by atoms with Gasteiger partial charge in [-0.3, -0.25) is 14.4 Å². The molecule has 3 amide bonds. The van der Waals surface area contributed by atoms with Gasteiger partial charge in [0.2, 0.25) is 11.8 Å². The number of aliphatic hydroxyl groups excluding tert-OH is 1. The predicted octanol–water partition coefficient (Wildman–Crippen LogP) is 5.25. The summed E-state index contributed by atoms with van der Waals surface area (Å²) in [5.74, 6) is -2.49. The van der Waals surface area contributed by atoms with Crippen molar-refractivity contribution in [1.29, 1.82) is 0 Å². The molecule has 2 bridgehead atoms. The van der Waals surface area contributed by atoms with Crippen LogP contribution in [0.4, 0.5) is 11.4 Å². The van der Waals surface area contributed by atoms with E-state index in [-0.39, 0.29) is 43.3 Å². The second kappa shape index (κ2) is 12.5. The molecule has 3 heterocycles. The molecule has 9 heteroatoms. The maximum Gasteiger partial charge on any atom is 0.253 e. The van der Waals surface area contributed by atoms with Crippen LogP contribution in [0.1, 0.15) is 40.0 Å². The maximum atomic E-state index is 14.8. The summed E-state index contributed by atoms with van der Waals surface area (Å²) in [6.45, 7) is 13.8. The lowest BCUT2D eigenvalue weighted by Gasteiger charge is -2.40. The maximum absolute atomic E-state index is 14.8. The number of rotatable bonds is 12. The molecule has 3 saturated heterocycles. The lowest BCUT2D eigenvalue weighted by Crippen LogP contribution is -2.59. The first-order valence-corrected chi connectivity index (χ1v) is 15.7. The highest BCUT2D eigenvalue weighted by molar-refractivity contribution is 6.30. The Bertz CT molecular complexity index is 1420. The molecule has 234 valence electrons. The van der Waals surface area contributed by atoms with E-state index >= 15 is 0 Å². The normalized spacial score (nSPS) is 27.7. The Morgan fingerprint density at radius 1 is 1.02 bits per heavy atom. The number of aliphatic hydroxyl groups is 1. The van der Waals surface area contributed by atoms with Crippen molar-refractivity contribution in [2.45, 2.75) is 63.3 Å². The minimum absolute atomic E-state index is 0.141. The summed E-state index contributed by atoms with van der Waals surface area (Å²) in [6.07, 6.45) is 4.73. The molecular weight excluding hydrogens is 578 g/mol. The molecule has 1 N–H and O–H groups in total. The zero-order valence-corrected chi connectivity index (χ0v) is 26.5. The van der Waals surface area contributed by atoms with E-state index in [9.17, 15) is 19.5 Å². The molecule has 5 rings (SSSR count). The fraction of sp³-hybridized carbons (Fsp3) is 0.457. The Labute approximate surface area is 264 Å². The van der Waals surface area contributed by atoms with Crippen molar-refractivity contribution in [3.05, 3.63) is 84.9 Å². The van der Waals surface area contributed by atoms with Gasteiger partial charge in [-0.2, -0.15) is 0 Å². The smallest absolute Gasteiger partial charge is 0.253 e. The van der Waals surface area contributed by atoms with Gasteiger partial charge in [0.15, 0.2) is 0 Å². The number of carbonyl (C=O) groups excluding carboxylic acids is 3. The summed E-state index contributed by atoms with van der Waals surface area (Å²) < 4.78 is 6.87. The third-order valence-corrected chi connectivity index (χ3v) is 9.68. The average Bonchev–Trinajstić information content (AvgIpc) is 3.58. The molecule has 3 aliphatic heterocycles. The van der Waals surface area contributed by atoms with E-state index in [1.165, 1.54) is 0 Å². The molecule has 3 aliphatic rings. The number of hydrogen-bond donors (Lipinski definition) is 1. The van der Waals surface area contributed by atoms with E-state index in [1.54, 1.807) is 51.1 Å². The topological polar surface area (TPSA) is 90.4 Å². The molecule has 6 atom stereocenters. The predicted molar refractivity (Wildman–Crippen MR) is 172 cm³/mol. The second-order valence-electron chi connectivity index (χ2n) is 12.7. The Hall–Kier alpha value is -3.46. The number of amides is 3. The fourth-order valence-electron chi connectivity index (χ4n) is 7.68. The number of fused-ring (bicyclic) bond motifs is 1. The molecule has 0 aliphatic carbocycles. The zero-order valence-electron chi connectivity index (χ0n) is 25.7. The first kappa shape index (κ1) is 31.9. The van der Waals surface area contributed by atoms with Gasteiger partial charge in [0, 0.05) is 29.5 Å². The summed E-state index contributed by atoms with van der Waals surface area (Å²) in [5.41, 5.74) is -0.896. The number of hydrogen-bond acceptors (Lipinski definition) is 5. The SMILES string of the molecule is C=CCN(C(=O)C1N([C@@H](CO)CC(C)C)C(=O)[C@@H]2[C@@H](C(=O)N(CC=C)c3ccccc3)[C@@]3(C)CCC12O3)c1ccc(Cl)cc1. The zero-order chi connectivity index (χ0) is 31.8. The van der Waals surface area contributed by atoms with Gasteiger partial charge in [-0.15, -0.1) is 13.2 Å². The van der Waals surface area contributed by atoms with Gasteiger partial charge in [-0.25, -0.2) is 0 Å². The highest BCUT2D eigenvalue weighted by atomic mass is 35.5.